The molecule has 1 aromatic rings. The van der Waals surface area contributed by atoms with Crippen molar-refractivity contribution in [3.8, 4) is 0 Å². The topological polar surface area (TPSA) is 72.0 Å². The molecule has 0 aliphatic heterocycles. The van der Waals surface area contributed by atoms with Crippen molar-refractivity contribution in [1.82, 2.24) is 9.97 Å². The predicted molar refractivity (Wildman–Crippen MR) is 66.4 cm³/mol. The molecular formula is C13H21N3O. The third kappa shape index (κ3) is 2.19. The number of nitrogens with two attached hydrogens (primary N) is 1. The van der Waals surface area contributed by atoms with Crippen molar-refractivity contribution in [3.63, 3.8) is 0 Å². The van der Waals surface area contributed by atoms with Crippen molar-refractivity contribution in [2.75, 3.05) is 6.61 Å². The number of hydrogen-bond acceptors (Lipinski definition) is 4. The first kappa shape index (κ1) is 12.5. The number of aliphatic hydroxyl groups excluding tert-OH is 1. The zero-order valence-electron chi connectivity index (χ0n) is 10.8. The first-order valence-electron chi connectivity index (χ1n) is 6.11. The molecule has 94 valence electrons. The molecule has 0 amide bonds. The van der Waals surface area contributed by atoms with Crippen LogP contribution in [0, 0.1) is 5.41 Å². The molecule has 1 heterocycles. The highest BCUT2D eigenvalue weighted by Gasteiger charge is 2.51. The molecule has 0 saturated heterocycles. The maximum Gasteiger partial charge on any atom is 0.148 e. The Morgan fingerprint density at radius 2 is 1.88 bits per heavy atom. The maximum absolute atomic E-state index is 9.24. The molecule has 0 bridgehead atoms. The van der Waals surface area contributed by atoms with Gasteiger partial charge in [-0.3, -0.25) is 0 Å². The molecule has 17 heavy (non-hydrogen) atoms. The van der Waals surface area contributed by atoms with Gasteiger partial charge in [-0.15, -0.1) is 0 Å². The van der Waals surface area contributed by atoms with E-state index < -0.39 is 5.54 Å². The number of aromatic nitrogens is 2. The molecule has 4 nitrogen and oxygen atoms in total. The average molecular weight is 235 g/mol. The van der Waals surface area contributed by atoms with Crippen molar-refractivity contribution >= 4 is 0 Å². The van der Waals surface area contributed by atoms with Gasteiger partial charge in [-0.1, -0.05) is 20.8 Å². The Morgan fingerprint density at radius 3 is 2.29 bits per heavy atom. The van der Waals surface area contributed by atoms with E-state index in [-0.39, 0.29) is 12.0 Å². The van der Waals surface area contributed by atoms with Gasteiger partial charge in [-0.25, -0.2) is 9.97 Å². The zero-order valence-corrected chi connectivity index (χ0v) is 10.8. The summed E-state index contributed by atoms with van der Waals surface area (Å²) in [6.45, 7) is 6.45. The Labute approximate surface area is 102 Å². The molecule has 1 fully saturated rings. The minimum atomic E-state index is -0.451. The Bertz CT molecular complexity index is 394. The zero-order chi connectivity index (χ0) is 12.7. The van der Waals surface area contributed by atoms with Gasteiger partial charge in [-0.05, 0) is 29.7 Å². The Hall–Kier alpha value is -1.00. The molecule has 4 heteroatoms. The second-order valence-corrected chi connectivity index (χ2v) is 5.97. The van der Waals surface area contributed by atoms with Gasteiger partial charge in [0.25, 0.3) is 0 Å². The van der Waals surface area contributed by atoms with E-state index in [4.69, 9.17) is 5.73 Å². The molecule has 0 aromatic carbocycles. The summed E-state index contributed by atoms with van der Waals surface area (Å²) in [5.74, 6) is 1.13. The van der Waals surface area contributed by atoms with Gasteiger partial charge in [0.15, 0.2) is 0 Å². The Morgan fingerprint density at radius 1 is 1.35 bits per heavy atom. The Balaban J connectivity index is 2.14. The quantitative estimate of drug-likeness (QED) is 0.833. The first-order valence-corrected chi connectivity index (χ1v) is 6.11. The van der Waals surface area contributed by atoms with Gasteiger partial charge in [0.2, 0.25) is 0 Å². The SMILES string of the molecule is CC(C)c1cnc(C2(N)CC(C)(CO)C2)nc1. The number of hydrogen-bond donors (Lipinski definition) is 2. The molecule has 0 atom stereocenters. The minimum Gasteiger partial charge on any atom is -0.396 e. The summed E-state index contributed by atoms with van der Waals surface area (Å²) in [5.41, 5.74) is 6.88. The van der Waals surface area contributed by atoms with E-state index in [0.29, 0.717) is 11.7 Å². The number of rotatable bonds is 3. The van der Waals surface area contributed by atoms with Crippen LogP contribution in [-0.4, -0.2) is 21.7 Å². The monoisotopic (exact) mass is 235 g/mol. The van der Waals surface area contributed by atoms with E-state index in [1.807, 2.05) is 19.3 Å². The van der Waals surface area contributed by atoms with Crippen LogP contribution in [0.5, 0.6) is 0 Å². The second kappa shape index (κ2) is 4.03. The summed E-state index contributed by atoms with van der Waals surface area (Å²) in [7, 11) is 0. The van der Waals surface area contributed by atoms with Crippen molar-refractivity contribution < 1.29 is 5.11 Å². The molecule has 1 aliphatic rings. The smallest absolute Gasteiger partial charge is 0.148 e. The highest BCUT2D eigenvalue weighted by atomic mass is 16.3. The molecule has 1 aromatic heterocycles. The van der Waals surface area contributed by atoms with Crippen molar-refractivity contribution in [2.45, 2.75) is 45.1 Å². The fourth-order valence-electron chi connectivity index (χ4n) is 2.63. The summed E-state index contributed by atoms with van der Waals surface area (Å²) in [6.07, 6.45) is 5.21. The summed E-state index contributed by atoms with van der Waals surface area (Å²) in [5, 5.41) is 9.24. The first-order chi connectivity index (χ1) is 7.88. The van der Waals surface area contributed by atoms with Crippen LogP contribution in [0.15, 0.2) is 12.4 Å². The Kier molecular flexibility index (Phi) is 2.96. The molecular weight excluding hydrogens is 214 g/mol. The molecule has 3 N–H and O–H groups in total. The lowest BCUT2D eigenvalue weighted by molar-refractivity contribution is -0.0148. The fraction of sp³-hybridized carbons (Fsp3) is 0.692. The van der Waals surface area contributed by atoms with Crippen LogP contribution in [-0.2, 0) is 5.54 Å². The van der Waals surface area contributed by atoms with Gasteiger partial charge >= 0.3 is 0 Å². The average Bonchev–Trinajstić information content (AvgIpc) is 2.27. The van der Waals surface area contributed by atoms with E-state index in [9.17, 15) is 5.11 Å². The van der Waals surface area contributed by atoms with Crippen LogP contribution in [0.25, 0.3) is 0 Å². The van der Waals surface area contributed by atoms with Gasteiger partial charge < -0.3 is 10.8 Å². The second-order valence-electron chi connectivity index (χ2n) is 5.97. The number of nitrogens with zero attached hydrogens (tertiary/aromatic N) is 2. The van der Waals surface area contributed by atoms with E-state index >= 15 is 0 Å². The van der Waals surface area contributed by atoms with Crippen molar-refractivity contribution in [3.05, 3.63) is 23.8 Å². The highest BCUT2D eigenvalue weighted by molar-refractivity contribution is 5.18. The molecule has 1 aliphatic carbocycles. The lowest BCUT2D eigenvalue weighted by atomic mass is 9.58. The minimum absolute atomic E-state index is 0.0607. The fourth-order valence-corrected chi connectivity index (χ4v) is 2.63. The van der Waals surface area contributed by atoms with E-state index in [0.717, 1.165) is 18.4 Å². The van der Waals surface area contributed by atoms with Gasteiger partial charge in [0.1, 0.15) is 5.82 Å². The third-order valence-corrected chi connectivity index (χ3v) is 3.65. The van der Waals surface area contributed by atoms with Crippen molar-refractivity contribution in [2.24, 2.45) is 11.1 Å². The van der Waals surface area contributed by atoms with Crippen molar-refractivity contribution in [1.29, 1.82) is 0 Å². The molecule has 1 saturated carbocycles. The molecule has 0 radical (unpaired) electrons. The maximum atomic E-state index is 9.24. The van der Waals surface area contributed by atoms with Gasteiger partial charge in [-0.2, -0.15) is 0 Å². The lowest BCUT2D eigenvalue weighted by Crippen LogP contribution is -2.56. The molecule has 0 spiro atoms. The van der Waals surface area contributed by atoms with Crippen LogP contribution >= 0.6 is 0 Å². The van der Waals surface area contributed by atoms with Crippen LogP contribution in [0.1, 0.15) is 50.9 Å². The van der Waals surface area contributed by atoms with Crippen LogP contribution in [0.2, 0.25) is 0 Å². The predicted octanol–water partition coefficient (Wildman–Crippen LogP) is 1.55. The summed E-state index contributed by atoms with van der Waals surface area (Å²) in [4.78, 5) is 8.75. The van der Waals surface area contributed by atoms with E-state index in [1.165, 1.54) is 0 Å². The summed E-state index contributed by atoms with van der Waals surface area (Å²) in [6, 6.07) is 0. The van der Waals surface area contributed by atoms with E-state index in [2.05, 4.69) is 23.8 Å². The van der Waals surface area contributed by atoms with Crippen LogP contribution < -0.4 is 5.73 Å². The largest absolute Gasteiger partial charge is 0.396 e. The normalized spacial score (nSPS) is 32.6. The third-order valence-electron chi connectivity index (χ3n) is 3.65. The molecule has 0 unspecified atom stereocenters. The lowest BCUT2D eigenvalue weighted by Gasteiger charge is -2.50. The van der Waals surface area contributed by atoms with E-state index in [1.54, 1.807) is 0 Å². The van der Waals surface area contributed by atoms with Gasteiger partial charge in [0.05, 0.1) is 5.54 Å². The van der Waals surface area contributed by atoms with Crippen LogP contribution in [0.3, 0.4) is 0 Å². The summed E-state index contributed by atoms with van der Waals surface area (Å²) >= 11 is 0. The van der Waals surface area contributed by atoms with Gasteiger partial charge in [0, 0.05) is 19.0 Å². The van der Waals surface area contributed by atoms with Crippen LogP contribution in [0.4, 0.5) is 0 Å². The summed E-state index contributed by atoms with van der Waals surface area (Å²) < 4.78 is 0. The highest BCUT2D eigenvalue weighted by Crippen LogP contribution is 2.50. The standard InChI is InChI=1S/C13H21N3O/c1-9(2)10-4-15-11(16-5-10)13(14)6-12(3,7-13)8-17/h4-5,9,17H,6-8,14H2,1-3H3. The number of aliphatic hydroxyl groups is 1. The molecule has 2 rings (SSSR count).